The SMILES string of the molecule is C=C(C)C(=O)OC(CCCCCCCCCC)C(=O)OC(=O)CCCCCCCCCCC. The van der Waals surface area contributed by atoms with Gasteiger partial charge in [0.2, 0.25) is 0 Å². The number of esters is 3. The summed E-state index contributed by atoms with van der Waals surface area (Å²) in [4.78, 5) is 36.5. The lowest BCUT2D eigenvalue weighted by Crippen LogP contribution is -2.31. The van der Waals surface area contributed by atoms with Crippen LogP contribution < -0.4 is 0 Å². The first-order chi connectivity index (χ1) is 15.9. The lowest BCUT2D eigenvalue weighted by molar-refractivity contribution is -0.173. The van der Waals surface area contributed by atoms with Crippen LogP contribution in [0.4, 0.5) is 0 Å². The summed E-state index contributed by atoms with van der Waals surface area (Å²) in [6.45, 7) is 9.52. The Morgan fingerprint density at radius 3 is 1.55 bits per heavy atom. The molecule has 0 aliphatic rings. The second-order valence-electron chi connectivity index (χ2n) is 9.31. The van der Waals surface area contributed by atoms with Gasteiger partial charge in [-0.1, -0.05) is 117 Å². The maximum absolute atomic E-state index is 12.5. The van der Waals surface area contributed by atoms with Gasteiger partial charge >= 0.3 is 17.9 Å². The van der Waals surface area contributed by atoms with Crippen LogP contribution in [0.15, 0.2) is 12.2 Å². The lowest BCUT2D eigenvalue weighted by atomic mass is 10.1. The minimum Gasteiger partial charge on any atom is -0.447 e. The quantitative estimate of drug-likeness (QED) is 0.0699. The lowest BCUT2D eigenvalue weighted by Gasteiger charge is -2.16. The third kappa shape index (κ3) is 19.5. The van der Waals surface area contributed by atoms with Crippen molar-refractivity contribution in [1.29, 1.82) is 0 Å². The van der Waals surface area contributed by atoms with E-state index in [1.54, 1.807) is 0 Å². The van der Waals surface area contributed by atoms with Crippen molar-refractivity contribution in [3.8, 4) is 0 Å². The molecule has 0 N–H and O–H groups in total. The van der Waals surface area contributed by atoms with Crippen molar-refractivity contribution in [2.45, 2.75) is 149 Å². The highest BCUT2D eigenvalue weighted by molar-refractivity contribution is 5.92. The van der Waals surface area contributed by atoms with Crippen LogP contribution in [-0.4, -0.2) is 24.0 Å². The number of ether oxygens (including phenoxy) is 2. The highest BCUT2D eigenvalue weighted by Gasteiger charge is 2.26. The van der Waals surface area contributed by atoms with E-state index >= 15 is 0 Å². The van der Waals surface area contributed by atoms with E-state index < -0.39 is 24.0 Å². The standard InChI is InChI=1S/C28H50O5/c1-5-7-9-11-13-15-17-19-21-23-26(29)33-28(31)25(32-27(30)24(3)4)22-20-18-16-14-12-10-8-6-2/h25H,3,5-23H2,1-2,4H3. The monoisotopic (exact) mass is 466 g/mol. The fourth-order valence-electron chi connectivity index (χ4n) is 3.73. The Hall–Kier alpha value is -1.65. The fourth-order valence-corrected chi connectivity index (χ4v) is 3.73. The molecule has 0 heterocycles. The van der Waals surface area contributed by atoms with E-state index in [0.29, 0.717) is 6.42 Å². The molecule has 0 aromatic rings. The van der Waals surface area contributed by atoms with Gasteiger partial charge < -0.3 is 9.47 Å². The summed E-state index contributed by atoms with van der Waals surface area (Å²) >= 11 is 0. The van der Waals surface area contributed by atoms with Crippen molar-refractivity contribution in [3.63, 3.8) is 0 Å². The van der Waals surface area contributed by atoms with E-state index in [0.717, 1.165) is 38.5 Å². The summed E-state index contributed by atoms with van der Waals surface area (Å²) in [6, 6.07) is 0. The maximum atomic E-state index is 12.5. The van der Waals surface area contributed by atoms with Crippen molar-refractivity contribution in [1.82, 2.24) is 0 Å². The van der Waals surface area contributed by atoms with E-state index in [4.69, 9.17) is 9.47 Å². The molecule has 0 aliphatic heterocycles. The minimum atomic E-state index is -1.04. The third-order valence-electron chi connectivity index (χ3n) is 5.88. The topological polar surface area (TPSA) is 69.7 Å². The van der Waals surface area contributed by atoms with Crippen molar-refractivity contribution < 1.29 is 23.9 Å². The zero-order chi connectivity index (χ0) is 24.7. The first-order valence-corrected chi connectivity index (χ1v) is 13.5. The predicted octanol–water partition coefficient (Wildman–Crippen LogP) is 8.00. The van der Waals surface area contributed by atoms with Crippen LogP contribution >= 0.6 is 0 Å². The summed E-state index contributed by atoms with van der Waals surface area (Å²) in [5.74, 6) is -1.91. The molecule has 192 valence electrons. The van der Waals surface area contributed by atoms with Gasteiger partial charge in [-0.3, -0.25) is 4.79 Å². The second kappa shape index (κ2) is 22.2. The number of hydrogen-bond donors (Lipinski definition) is 0. The molecule has 0 aromatic heterocycles. The van der Waals surface area contributed by atoms with E-state index in [1.807, 2.05) is 0 Å². The van der Waals surface area contributed by atoms with Gasteiger partial charge in [-0.15, -0.1) is 0 Å². The van der Waals surface area contributed by atoms with Crippen LogP contribution in [0.1, 0.15) is 143 Å². The minimum absolute atomic E-state index is 0.223. The maximum Gasteiger partial charge on any atom is 0.355 e. The van der Waals surface area contributed by atoms with Gasteiger partial charge in [0.15, 0.2) is 6.10 Å². The Kier molecular flexibility index (Phi) is 21.0. The van der Waals surface area contributed by atoms with Gasteiger partial charge in [0.05, 0.1) is 0 Å². The zero-order valence-corrected chi connectivity index (χ0v) is 21.8. The smallest absolute Gasteiger partial charge is 0.355 e. The van der Waals surface area contributed by atoms with E-state index in [-0.39, 0.29) is 12.0 Å². The molecule has 0 aliphatic carbocycles. The molecular formula is C28H50O5. The molecule has 5 nitrogen and oxygen atoms in total. The van der Waals surface area contributed by atoms with Gasteiger partial charge in [0, 0.05) is 12.0 Å². The van der Waals surface area contributed by atoms with E-state index in [9.17, 15) is 14.4 Å². The summed E-state index contributed by atoms with van der Waals surface area (Å²) in [5.41, 5.74) is 0.227. The average Bonchev–Trinajstić information content (AvgIpc) is 2.78. The number of rotatable bonds is 22. The molecule has 0 saturated heterocycles. The molecule has 0 saturated carbocycles. The Morgan fingerprint density at radius 2 is 1.09 bits per heavy atom. The molecule has 0 bridgehead atoms. The van der Waals surface area contributed by atoms with Crippen LogP contribution in [0.25, 0.3) is 0 Å². The molecular weight excluding hydrogens is 416 g/mol. The highest BCUT2D eigenvalue weighted by atomic mass is 16.6. The normalized spacial score (nSPS) is 11.7. The van der Waals surface area contributed by atoms with Crippen molar-refractivity contribution in [2.24, 2.45) is 0 Å². The highest BCUT2D eigenvalue weighted by Crippen LogP contribution is 2.15. The largest absolute Gasteiger partial charge is 0.447 e. The van der Waals surface area contributed by atoms with E-state index in [2.05, 4.69) is 20.4 Å². The number of hydrogen-bond acceptors (Lipinski definition) is 5. The summed E-state index contributed by atoms with van der Waals surface area (Å²) in [5, 5.41) is 0. The van der Waals surface area contributed by atoms with Gasteiger partial charge in [-0.2, -0.15) is 0 Å². The third-order valence-corrected chi connectivity index (χ3v) is 5.88. The second-order valence-corrected chi connectivity index (χ2v) is 9.31. The fraction of sp³-hybridized carbons (Fsp3) is 0.821. The van der Waals surface area contributed by atoms with Crippen molar-refractivity contribution in [2.75, 3.05) is 0 Å². The molecule has 0 rings (SSSR count). The van der Waals surface area contributed by atoms with Crippen LogP contribution in [-0.2, 0) is 23.9 Å². The Bertz CT molecular complexity index is 540. The number of carbonyl (C=O) groups is 3. The van der Waals surface area contributed by atoms with Crippen LogP contribution in [0.5, 0.6) is 0 Å². The molecule has 0 fully saturated rings. The molecule has 0 aromatic carbocycles. The summed E-state index contributed by atoms with van der Waals surface area (Å²) in [7, 11) is 0. The van der Waals surface area contributed by atoms with Gasteiger partial charge in [0.1, 0.15) is 0 Å². The molecule has 5 heteroatoms. The zero-order valence-electron chi connectivity index (χ0n) is 21.8. The van der Waals surface area contributed by atoms with Gasteiger partial charge in [-0.05, 0) is 26.2 Å². The number of unbranched alkanes of at least 4 members (excludes halogenated alkanes) is 15. The van der Waals surface area contributed by atoms with Crippen LogP contribution in [0, 0.1) is 0 Å². The molecule has 0 spiro atoms. The van der Waals surface area contributed by atoms with Gasteiger partial charge in [-0.25, -0.2) is 9.59 Å². The van der Waals surface area contributed by atoms with Crippen molar-refractivity contribution in [3.05, 3.63) is 12.2 Å². The number of carbonyl (C=O) groups excluding carboxylic acids is 3. The summed E-state index contributed by atoms with van der Waals surface area (Å²) < 4.78 is 10.3. The first kappa shape index (κ1) is 31.4. The van der Waals surface area contributed by atoms with Crippen LogP contribution in [0.2, 0.25) is 0 Å². The first-order valence-electron chi connectivity index (χ1n) is 13.5. The van der Waals surface area contributed by atoms with E-state index in [1.165, 1.54) is 77.6 Å². The Balaban J connectivity index is 4.19. The molecule has 0 radical (unpaired) electrons. The molecule has 1 atom stereocenters. The molecule has 33 heavy (non-hydrogen) atoms. The molecule has 1 unspecified atom stereocenters. The van der Waals surface area contributed by atoms with Crippen LogP contribution in [0.3, 0.4) is 0 Å². The molecule has 0 amide bonds. The van der Waals surface area contributed by atoms with Crippen molar-refractivity contribution >= 4 is 17.9 Å². The van der Waals surface area contributed by atoms with Gasteiger partial charge in [0.25, 0.3) is 0 Å². The Morgan fingerprint density at radius 1 is 0.667 bits per heavy atom. The Labute approximate surface area is 203 Å². The average molecular weight is 467 g/mol. The predicted molar refractivity (Wildman–Crippen MR) is 135 cm³/mol. The summed E-state index contributed by atoms with van der Waals surface area (Å²) in [6.07, 6.45) is 18.9.